The molecule has 4 fully saturated rings. The van der Waals surface area contributed by atoms with Gasteiger partial charge in [0.1, 0.15) is 0 Å². The number of aliphatic hydroxyl groups excluding tert-OH is 1. The number of nitrogens with one attached hydrogen (secondary N) is 2. The summed E-state index contributed by atoms with van der Waals surface area (Å²) in [7, 11) is 0. The average Bonchev–Trinajstić information content (AvgIpc) is 3.41. The number of urea groups is 1. The highest BCUT2D eigenvalue weighted by molar-refractivity contribution is 5.89. The standard InChI is InChI=1S/C29H32N4O2/c34-26(12-24-22-8-4-5-9-23(22)25-16-30-17-33(24)25)27-19-10-18-11-20(27)15-29(13-18,14-19)32-28(35)31-21-6-2-1-3-7-21/h1-9,16-20,24,26-27,34H,10-15H2,(H2,31,32,35). The summed E-state index contributed by atoms with van der Waals surface area (Å²) < 4.78 is 2.24. The summed E-state index contributed by atoms with van der Waals surface area (Å²) in [5, 5.41) is 18.0. The Hall–Kier alpha value is -3.12. The summed E-state index contributed by atoms with van der Waals surface area (Å²) in [6, 6.07) is 18.2. The quantitative estimate of drug-likeness (QED) is 0.480. The van der Waals surface area contributed by atoms with Crippen molar-refractivity contribution in [3.63, 3.8) is 0 Å². The van der Waals surface area contributed by atoms with Crippen LogP contribution >= 0.6 is 0 Å². The van der Waals surface area contributed by atoms with Gasteiger partial charge in [0.15, 0.2) is 0 Å². The molecule has 0 radical (unpaired) electrons. The van der Waals surface area contributed by atoms with Gasteiger partial charge in [-0.25, -0.2) is 9.78 Å². The molecule has 8 rings (SSSR count). The molecule has 3 aromatic rings. The summed E-state index contributed by atoms with van der Waals surface area (Å²) in [4.78, 5) is 17.3. The first-order valence-electron chi connectivity index (χ1n) is 13.0. The summed E-state index contributed by atoms with van der Waals surface area (Å²) >= 11 is 0. The van der Waals surface area contributed by atoms with Gasteiger partial charge >= 0.3 is 6.03 Å². The van der Waals surface area contributed by atoms with Crippen molar-refractivity contribution >= 4 is 11.7 Å². The Kier molecular flexibility index (Phi) is 4.81. The van der Waals surface area contributed by atoms with Gasteiger partial charge in [0.05, 0.1) is 30.4 Å². The van der Waals surface area contributed by atoms with Gasteiger partial charge in [-0.1, -0.05) is 42.5 Å². The van der Waals surface area contributed by atoms with E-state index in [9.17, 15) is 9.90 Å². The number of rotatable bonds is 5. The number of aromatic nitrogens is 2. The van der Waals surface area contributed by atoms with Gasteiger partial charge in [-0.15, -0.1) is 0 Å². The first-order chi connectivity index (χ1) is 17.1. The van der Waals surface area contributed by atoms with Crippen molar-refractivity contribution in [3.05, 3.63) is 72.7 Å². The van der Waals surface area contributed by atoms with E-state index in [1.807, 2.05) is 42.9 Å². The van der Waals surface area contributed by atoms with Gasteiger partial charge in [0, 0.05) is 16.8 Å². The van der Waals surface area contributed by atoms with E-state index in [1.165, 1.54) is 24.0 Å². The van der Waals surface area contributed by atoms with Crippen LogP contribution in [0.15, 0.2) is 67.1 Å². The van der Waals surface area contributed by atoms with Crippen LogP contribution in [0.1, 0.15) is 50.1 Å². The van der Waals surface area contributed by atoms with Crippen molar-refractivity contribution in [2.24, 2.45) is 23.7 Å². The predicted octanol–water partition coefficient (Wildman–Crippen LogP) is 5.22. The molecule has 4 atom stereocenters. The van der Waals surface area contributed by atoms with Gasteiger partial charge in [-0.05, 0) is 79.9 Å². The molecule has 5 aliphatic rings. The second-order valence-electron chi connectivity index (χ2n) is 11.4. The zero-order valence-electron chi connectivity index (χ0n) is 19.8. The zero-order chi connectivity index (χ0) is 23.6. The monoisotopic (exact) mass is 468 g/mol. The van der Waals surface area contributed by atoms with Crippen molar-refractivity contribution in [1.82, 2.24) is 14.9 Å². The lowest BCUT2D eigenvalue weighted by atomic mass is 9.48. The van der Waals surface area contributed by atoms with E-state index in [0.29, 0.717) is 23.7 Å². The van der Waals surface area contributed by atoms with Gasteiger partial charge in [0.2, 0.25) is 0 Å². The van der Waals surface area contributed by atoms with E-state index in [2.05, 4.69) is 44.5 Å². The molecule has 6 nitrogen and oxygen atoms in total. The van der Waals surface area contributed by atoms with Crippen LogP contribution in [0.5, 0.6) is 0 Å². The number of amides is 2. The molecule has 4 unspecified atom stereocenters. The van der Waals surface area contributed by atoms with Crippen molar-refractivity contribution in [1.29, 1.82) is 0 Å². The van der Waals surface area contributed by atoms with Crippen LogP contribution in [-0.2, 0) is 0 Å². The maximum Gasteiger partial charge on any atom is 0.319 e. The third-order valence-electron chi connectivity index (χ3n) is 9.26. The number of para-hydroxylation sites is 1. The average molecular weight is 469 g/mol. The molecule has 180 valence electrons. The minimum atomic E-state index is -0.355. The third-order valence-corrected chi connectivity index (χ3v) is 9.26. The zero-order valence-corrected chi connectivity index (χ0v) is 19.8. The third kappa shape index (κ3) is 3.49. The van der Waals surface area contributed by atoms with Crippen molar-refractivity contribution in [3.8, 4) is 11.3 Å². The number of anilines is 1. The lowest BCUT2D eigenvalue weighted by Crippen LogP contribution is -2.64. The fraction of sp³-hybridized carbons (Fsp3) is 0.448. The summed E-state index contributed by atoms with van der Waals surface area (Å²) in [6.45, 7) is 0. The molecule has 1 aliphatic heterocycles. The fourth-order valence-electron chi connectivity index (χ4n) is 8.33. The van der Waals surface area contributed by atoms with Gasteiger partial charge in [-0.3, -0.25) is 0 Å². The molecule has 35 heavy (non-hydrogen) atoms. The predicted molar refractivity (Wildman–Crippen MR) is 135 cm³/mol. The van der Waals surface area contributed by atoms with Crippen LogP contribution in [0.4, 0.5) is 10.5 Å². The Bertz CT molecular complexity index is 1240. The highest BCUT2D eigenvalue weighted by Crippen LogP contribution is 2.60. The molecule has 3 N–H and O–H groups in total. The Morgan fingerprint density at radius 1 is 1.06 bits per heavy atom. The maximum atomic E-state index is 12.9. The number of imidazole rings is 1. The summed E-state index contributed by atoms with van der Waals surface area (Å²) in [5.74, 6) is 1.89. The molecule has 4 saturated carbocycles. The van der Waals surface area contributed by atoms with E-state index < -0.39 is 0 Å². The van der Waals surface area contributed by atoms with Crippen LogP contribution < -0.4 is 10.6 Å². The number of benzene rings is 2. The number of hydrogen-bond acceptors (Lipinski definition) is 3. The van der Waals surface area contributed by atoms with Crippen LogP contribution in [0.3, 0.4) is 0 Å². The molecular weight excluding hydrogens is 436 g/mol. The van der Waals surface area contributed by atoms with Crippen molar-refractivity contribution in [2.45, 2.75) is 56.2 Å². The minimum Gasteiger partial charge on any atom is -0.393 e. The van der Waals surface area contributed by atoms with E-state index in [4.69, 9.17) is 0 Å². The molecule has 1 aromatic heterocycles. The first kappa shape index (κ1) is 21.2. The highest BCUT2D eigenvalue weighted by atomic mass is 16.3. The summed E-state index contributed by atoms with van der Waals surface area (Å²) in [5.41, 5.74) is 4.36. The number of carbonyl (C=O) groups is 1. The molecule has 6 heteroatoms. The molecule has 4 bridgehead atoms. The number of hydrogen-bond donors (Lipinski definition) is 3. The first-order valence-corrected chi connectivity index (χ1v) is 13.0. The molecule has 0 saturated heterocycles. The van der Waals surface area contributed by atoms with E-state index in [-0.39, 0.29) is 23.7 Å². The smallest absolute Gasteiger partial charge is 0.319 e. The second-order valence-corrected chi connectivity index (χ2v) is 11.4. The summed E-state index contributed by atoms with van der Waals surface area (Å²) in [6.07, 6.45) is 9.59. The highest BCUT2D eigenvalue weighted by Gasteiger charge is 2.57. The maximum absolute atomic E-state index is 12.9. The second kappa shape index (κ2) is 7.95. The Balaban J connectivity index is 1.08. The normalized spacial score (nSPS) is 32.7. The topological polar surface area (TPSA) is 79.2 Å². The van der Waals surface area contributed by atoms with Gasteiger partial charge in [-0.2, -0.15) is 0 Å². The van der Waals surface area contributed by atoms with E-state index in [0.717, 1.165) is 37.1 Å². The molecule has 2 aromatic carbocycles. The molecule has 2 amide bonds. The largest absolute Gasteiger partial charge is 0.393 e. The Morgan fingerprint density at radius 2 is 1.80 bits per heavy atom. The van der Waals surface area contributed by atoms with Crippen LogP contribution in [0, 0.1) is 23.7 Å². The van der Waals surface area contributed by atoms with Crippen molar-refractivity contribution < 1.29 is 9.90 Å². The molecule has 4 aliphatic carbocycles. The molecular formula is C29H32N4O2. The van der Waals surface area contributed by atoms with Crippen LogP contribution in [0.25, 0.3) is 11.3 Å². The Morgan fingerprint density at radius 3 is 2.60 bits per heavy atom. The lowest BCUT2D eigenvalue weighted by molar-refractivity contribution is -0.108. The number of aliphatic hydroxyl groups is 1. The van der Waals surface area contributed by atoms with Crippen LogP contribution in [0.2, 0.25) is 0 Å². The fourth-order valence-corrected chi connectivity index (χ4v) is 8.33. The molecule has 2 heterocycles. The van der Waals surface area contributed by atoms with Gasteiger partial charge < -0.3 is 20.3 Å². The number of nitrogens with zero attached hydrogens (tertiary/aromatic N) is 2. The van der Waals surface area contributed by atoms with E-state index in [1.54, 1.807) is 0 Å². The van der Waals surface area contributed by atoms with Crippen LogP contribution in [-0.4, -0.2) is 32.3 Å². The minimum absolute atomic E-state index is 0.106. The van der Waals surface area contributed by atoms with Crippen molar-refractivity contribution in [2.75, 3.05) is 5.32 Å². The SMILES string of the molecule is O=C(Nc1ccccc1)NC12CC3CC(C1)C(C(O)CC1c4ccccc4-c4cncn41)C(C3)C2. The van der Waals surface area contributed by atoms with E-state index >= 15 is 0 Å². The lowest BCUT2D eigenvalue weighted by Gasteiger charge is -2.61. The molecule has 0 spiro atoms. The Labute approximate surface area is 205 Å². The van der Waals surface area contributed by atoms with Gasteiger partial charge in [0.25, 0.3) is 0 Å². The number of fused-ring (bicyclic) bond motifs is 3. The number of carbonyl (C=O) groups excluding carboxylic acids is 1.